The largest absolute Gasteiger partial charge is 0.457 e. The van der Waals surface area contributed by atoms with Crippen molar-refractivity contribution in [2.75, 3.05) is 13.1 Å². The number of carbonyl (C=O) groups excluding carboxylic acids is 1. The number of nitrogens with zero attached hydrogens (tertiary/aromatic N) is 1. The first-order chi connectivity index (χ1) is 15.0. The first-order valence-electron chi connectivity index (χ1n) is 10.1. The van der Waals surface area contributed by atoms with Gasteiger partial charge in [0.25, 0.3) is 0 Å². The Morgan fingerprint density at radius 2 is 1.55 bits per heavy atom. The zero-order chi connectivity index (χ0) is 21.5. The highest BCUT2D eigenvalue weighted by Gasteiger charge is 2.50. The van der Waals surface area contributed by atoms with Crippen LogP contribution in [0.5, 0.6) is 11.5 Å². The molecule has 5 rings (SSSR count). The Bertz CT molecular complexity index is 1220. The van der Waals surface area contributed by atoms with Crippen LogP contribution in [0.1, 0.15) is 28.8 Å². The molecule has 3 aromatic carbocycles. The van der Waals surface area contributed by atoms with Gasteiger partial charge >= 0.3 is 5.97 Å². The number of ether oxygens (including phenoxy) is 2. The second kappa shape index (κ2) is 7.51. The van der Waals surface area contributed by atoms with Gasteiger partial charge in [0.1, 0.15) is 11.5 Å². The molecule has 0 saturated carbocycles. The Morgan fingerprint density at radius 1 is 0.871 bits per heavy atom. The molecule has 1 unspecified atom stereocenters. The van der Waals surface area contributed by atoms with Crippen molar-refractivity contribution in [3.05, 3.63) is 90.0 Å². The fourth-order valence-electron chi connectivity index (χ4n) is 4.29. The Labute approximate surface area is 181 Å². The monoisotopic (exact) mass is 435 g/mol. The van der Waals surface area contributed by atoms with Crippen molar-refractivity contribution in [2.24, 2.45) is 0 Å². The van der Waals surface area contributed by atoms with E-state index in [1.165, 1.54) is 4.31 Å². The van der Waals surface area contributed by atoms with Gasteiger partial charge in [-0.3, -0.25) is 0 Å². The van der Waals surface area contributed by atoms with Crippen LogP contribution in [0.4, 0.5) is 0 Å². The van der Waals surface area contributed by atoms with Crippen LogP contribution < -0.4 is 4.74 Å². The standard InChI is InChI=1S/C24H21NO5S/c26-23-21-9-4-5-10-22(21)24(30-23)15-6-16-25(17-24)31(27,28)20-13-11-19(12-14-20)29-18-7-2-1-3-8-18/h1-5,7-14H,6,15-17H2. The Hall–Kier alpha value is -3.16. The molecule has 0 amide bonds. The highest BCUT2D eigenvalue weighted by atomic mass is 32.2. The Kier molecular flexibility index (Phi) is 4.79. The van der Waals surface area contributed by atoms with Gasteiger partial charge in [-0.05, 0) is 55.3 Å². The van der Waals surface area contributed by atoms with Gasteiger partial charge in [0, 0.05) is 12.1 Å². The molecule has 0 aliphatic carbocycles. The second-order valence-electron chi connectivity index (χ2n) is 7.76. The number of fused-ring (bicyclic) bond motifs is 2. The summed E-state index contributed by atoms with van der Waals surface area (Å²) < 4.78 is 39.6. The van der Waals surface area contributed by atoms with E-state index >= 15 is 0 Å². The van der Waals surface area contributed by atoms with Crippen molar-refractivity contribution in [1.82, 2.24) is 4.31 Å². The summed E-state index contributed by atoms with van der Waals surface area (Å²) in [6.07, 6.45) is 1.21. The lowest BCUT2D eigenvalue weighted by Crippen LogP contribution is -2.48. The summed E-state index contributed by atoms with van der Waals surface area (Å²) in [5.74, 6) is 0.842. The average molecular weight is 436 g/mol. The minimum atomic E-state index is -3.75. The summed E-state index contributed by atoms with van der Waals surface area (Å²) in [6.45, 7) is 0.492. The lowest BCUT2D eigenvalue weighted by atomic mass is 9.86. The van der Waals surface area contributed by atoms with E-state index in [9.17, 15) is 13.2 Å². The van der Waals surface area contributed by atoms with E-state index in [2.05, 4.69) is 0 Å². The summed E-state index contributed by atoms with van der Waals surface area (Å²) in [5.41, 5.74) is 0.366. The van der Waals surface area contributed by atoms with Gasteiger partial charge in [0.2, 0.25) is 10.0 Å². The second-order valence-corrected chi connectivity index (χ2v) is 9.70. The number of benzene rings is 3. The van der Waals surface area contributed by atoms with E-state index in [1.54, 1.807) is 36.4 Å². The van der Waals surface area contributed by atoms with Crippen molar-refractivity contribution < 1.29 is 22.7 Å². The van der Waals surface area contributed by atoms with E-state index < -0.39 is 21.6 Å². The molecule has 0 bridgehead atoms. The number of rotatable bonds is 4. The first kappa shape index (κ1) is 19.8. The number of hydrogen-bond acceptors (Lipinski definition) is 5. The van der Waals surface area contributed by atoms with Crippen LogP contribution in [0.25, 0.3) is 0 Å². The van der Waals surface area contributed by atoms with E-state index in [0.29, 0.717) is 36.4 Å². The fraction of sp³-hybridized carbons (Fsp3) is 0.208. The summed E-state index contributed by atoms with van der Waals surface area (Å²) in [4.78, 5) is 12.5. The third-order valence-electron chi connectivity index (χ3n) is 5.79. The maximum absolute atomic E-state index is 13.3. The zero-order valence-corrected chi connectivity index (χ0v) is 17.5. The van der Waals surface area contributed by atoms with E-state index in [1.807, 2.05) is 42.5 Å². The number of piperidine rings is 1. The zero-order valence-electron chi connectivity index (χ0n) is 16.7. The van der Waals surface area contributed by atoms with Gasteiger partial charge in [-0.25, -0.2) is 13.2 Å². The summed E-state index contributed by atoms with van der Waals surface area (Å²) in [5, 5.41) is 0. The van der Waals surface area contributed by atoms with Crippen molar-refractivity contribution in [3.8, 4) is 11.5 Å². The van der Waals surface area contributed by atoms with Gasteiger partial charge in [-0.1, -0.05) is 36.4 Å². The van der Waals surface area contributed by atoms with Crippen molar-refractivity contribution in [2.45, 2.75) is 23.3 Å². The topological polar surface area (TPSA) is 72.9 Å². The van der Waals surface area contributed by atoms with Gasteiger partial charge in [-0.15, -0.1) is 0 Å². The maximum atomic E-state index is 13.3. The molecule has 2 aliphatic rings. The highest BCUT2D eigenvalue weighted by molar-refractivity contribution is 7.89. The van der Waals surface area contributed by atoms with Gasteiger partial charge in [-0.2, -0.15) is 4.31 Å². The van der Waals surface area contributed by atoms with Gasteiger partial charge in [0.15, 0.2) is 5.60 Å². The minimum Gasteiger partial charge on any atom is -0.457 e. The molecular weight excluding hydrogens is 414 g/mol. The minimum absolute atomic E-state index is 0.111. The molecule has 0 radical (unpaired) electrons. The lowest BCUT2D eigenvalue weighted by molar-refractivity contribution is -0.0345. The molecule has 31 heavy (non-hydrogen) atoms. The van der Waals surface area contributed by atoms with Crippen LogP contribution >= 0.6 is 0 Å². The number of esters is 1. The first-order valence-corrected chi connectivity index (χ1v) is 11.6. The SMILES string of the molecule is O=C1OC2(CCCN(S(=O)(=O)c3ccc(Oc4ccccc4)cc3)C2)c2ccccc21. The molecule has 2 heterocycles. The Balaban J connectivity index is 1.39. The van der Waals surface area contributed by atoms with Crippen molar-refractivity contribution in [3.63, 3.8) is 0 Å². The number of carbonyl (C=O) groups is 1. The maximum Gasteiger partial charge on any atom is 0.339 e. The predicted octanol–water partition coefficient (Wildman–Crippen LogP) is 4.33. The van der Waals surface area contributed by atoms with Crippen LogP contribution in [0, 0.1) is 0 Å². The quantitative estimate of drug-likeness (QED) is 0.571. The van der Waals surface area contributed by atoms with Crippen LogP contribution in [0.15, 0.2) is 83.8 Å². The molecular formula is C24H21NO5S. The smallest absolute Gasteiger partial charge is 0.339 e. The third-order valence-corrected chi connectivity index (χ3v) is 7.65. The highest BCUT2D eigenvalue weighted by Crippen LogP contribution is 2.43. The number of para-hydroxylation sites is 1. The molecule has 0 aromatic heterocycles. The van der Waals surface area contributed by atoms with Gasteiger partial charge < -0.3 is 9.47 Å². The molecule has 1 atom stereocenters. The van der Waals surface area contributed by atoms with Crippen LogP contribution in [-0.2, 0) is 20.4 Å². The normalized spacial score (nSPS) is 21.0. The average Bonchev–Trinajstić information content (AvgIpc) is 3.06. The number of sulfonamides is 1. The van der Waals surface area contributed by atoms with Crippen LogP contribution in [0.3, 0.4) is 0 Å². The van der Waals surface area contributed by atoms with E-state index in [-0.39, 0.29) is 11.4 Å². The van der Waals surface area contributed by atoms with E-state index in [4.69, 9.17) is 9.47 Å². The molecule has 1 fully saturated rings. The van der Waals surface area contributed by atoms with Crippen molar-refractivity contribution in [1.29, 1.82) is 0 Å². The van der Waals surface area contributed by atoms with Crippen LogP contribution in [-0.4, -0.2) is 31.8 Å². The molecule has 3 aromatic rings. The predicted molar refractivity (Wildman–Crippen MR) is 114 cm³/mol. The molecule has 1 saturated heterocycles. The fourth-order valence-corrected chi connectivity index (χ4v) is 5.82. The van der Waals surface area contributed by atoms with Gasteiger partial charge in [0.05, 0.1) is 17.0 Å². The lowest BCUT2D eigenvalue weighted by Gasteiger charge is -2.38. The molecule has 2 aliphatic heterocycles. The number of hydrogen-bond donors (Lipinski definition) is 0. The molecule has 7 heteroatoms. The summed E-state index contributed by atoms with van der Waals surface area (Å²) in [6, 6.07) is 22.9. The summed E-state index contributed by atoms with van der Waals surface area (Å²) in [7, 11) is -3.75. The molecule has 158 valence electrons. The van der Waals surface area contributed by atoms with Crippen LogP contribution in [0.2, 0.25) is 0 Å². The molecule has 1 spiro atoms. The molecule has 6 nitrogen and oxygen atoms in total. The van der Waals surface area contributed by atoms with Crippen molar-refractivity contribution >= 4 is 16.0 Å². The summed E-state index contributed by atoms with van der Waals surface area (Å²) >= 11 is 0. The van der Waals surface area contributed by atoms with E-state index in [0.717, 1.165) is 5.56 Å². The Morgan fingerprint density at radius 3 is 2.32 bits per heavy atom. The third kappa shape index (κ3) is 3.49. The molecule has 0 N–H and O–H groups in total.